The molecular formula is C22H26N2O6. The van der Waals surface area contributed by atoms with Gasteiger partial charge < -0.3 is 18.9 Å². The first-order valence-electron chi connectivity index (χ1n) is 9.60. The van der Waals surface area contributed by atoms with E-state index in [4.69, 9.17) is 18.9 Å². The van der Waals surface area contributed by atoms with Gasteiger partial charge in [-0.25, -0.2) is 10.2 Å². The van der Waals surface area contributed by atoms with Crippen molar-refractivity contribution in [1.82, 2.24) is 5.43 Å². The first kappa shape index (κ1) is 22.7. The van der Waals surface area contributed by atoms with E-state index in [1.807, 2.05) is 6.92 Å². The number of nitrogens with zero attached hydrogens (tertiary/aromatic N) is 1. The second kappa shape index (κ2) is 12.1. The fraction of sp³-hybridized carbons (Fsp3) is 0.318. The Morgan fingerprint density at radius 3 is 2.47 bits per heavy atom. The molecule has 30 heavy (non-hydrogen) atoms. The molecule has 0 fully saturated rings. The molecular weight excluding hydrogens is 388 g/mol. The maximum absolute atomic E-state index is 12.2. The maximum atomic E-state index is 12.2. The highest BCUT2D eigenvalue weighted by molar-refractivity contribution is 5.95. The molecule has 2 aromatic carbocycles. The third kappa shape index (κ3) is 7.12. The Bertz CT molecular complexity index is 864. The van der Waals surface area contributed by atoms with Gasteiger partial charge in [0, 0.05) is 5.56 Å². The van der Waals surface area contributed by atoms with Gasteiger partial charge in [0.15, 0.2) is 18.1 Å². The number of esters is 1. The highest BCUT2D eigenvalue weighted by Crippen LogP contribution is 2.27. The Balaban J connectivity index is 1.93. The lowest BCUT2D eigenvalue weighted by Gasteiger charge is -2.10. The van der Waals surface area contributed by atoms with Gasteiger partial charge in [-0.05, 0) is 61.4 Å². The summed E-state index contributed by atoms with van der Waals surface area (Å²) in [6.07, 6.45) is 2.40. The number of ether oxygens (including phenoxy) is 4. The molecule has 0 aliphatic rings. The molecule has 160 valence electrons. The van der Waals surface area contributed by atoms with Crippen molar-refractivity contribution >= 4 is 18.1 Å². The SMILES string of the molecule is CCCOc1ccc(C(=O)N/N=C/c2ccc(OCC(=O)OCC)c(OC)c2)cc1. The number of carbonyl (C=O) groups excluding carboxylic acids is 2. The van der Waals surface area contributed by atoms with Crippen molar-refractivity contribution < 1.29 is 28.5 Å². The van der Waals surface area contributed by atoms with Crippen LogP contribution in [0.3, 0.4) is 0 Å². The molecule has 0 heterocycles. The molecule has 0 aliphatic heterocycles. The molecule has 0 bridgehead atoms. The summed E-state index contributed by atoms with van der Waals surface area (Å²) in [6.45, 7) is 4.46. The van der Waals surface area contributed by atoms with Crippen LogP contribution in [0.15, 0.2) is 47.6 Å². The minimum Gasteiger partial charge on any atom is -0.494 e. The number of hydrazone groups is 1. The Morgan fingerprint density at radius 2 is 1.80 bits per heavy atom. The van der Waals surface area contributed by atoms with Crippen molar-refractivity contribution in [2.24, 2.45) is 5.10 Å². The fourth-order valence-electron chi connectivity index (χ4n) is 2.38. The lowest BCUT2D eigenvalue weighted by atomic mass is 10.2. The molecule has 8 nitrogen and oxygen atoms in total. The zero-order valence-electron chi connectivity index (χ0n) is 17.3. The average Bonchev–Trinajstić information content (AvgIpc) is 2.77. The number of methoxy groups -OCH3 is 1. The van der Waals surface area contributed by atoms with E-state index in [1.54, 1.807) is 49.4 Å². The van der Waals surface area contributed by atoms with Gasteiger partial charge in [0.1, 0.15) is 5.75 Å². The summed E-state index contributed by atoms with van der Waals surface area (Å²) in [5.41, 5.74) is 3.62. The van der Waals surface area contributed by atoms with Crippen LogP contribution in [0.4, 0.5) is 0 Å². The standard InChI is InChI=1S/C22H26N2O6/c1-4-12-29-18-9-7-17(8-10-18)22(26)24-23-14-16-6-11-19(20(13-16)27-3)30-15-21(25)28-5-2/h6-11,13-14H,4-5,12,15H2,1-3H3,(H,24,26)/b23-14+. The Hall–Kier alpha value is -3.55. The smallest absolute Gasteiger partial charge is 0.344 e. The quantitative estimate of drug-likeness (QED) is 0.345. The zero-order chi connectivity index (χ0) is 21.8. The van der Waals surface area contributed by atoms with Gasteiger partial charge in [-0.15, -0.1) is 0 Å². The predicted molar refractivity (Wildman–Crippen MR) is 112 cm³/mol. The number of amides is 1. The monoisotopic (exact) mass is 414 g/mol. The van der Waals surface area contributed by atoms with E-state index >= 15 is 0 Å². The molecule has 0 saturated carbocycles. The molecule has 0 aliphatic carbocycles. The summed E-state index contributed by atoms with van der Waals surface area (Å²) in [5, 5.41) is 3.97. The highest BCUT2D eigenvalue weighted by Gasteiger charge is 2.09. The molecule has 1 amide bonds. The molecule has 0 unspecified atom stereocenters. The van der Waals surface area contributed by atoms with Gasteiger partial charge in [-0.2, -0.15) is 5.10 Å². The normalized spacial score (nSPS) is 10.5. The van der Waals surface area contributed by atoms with Crippen LogP contribution < -0.4 is 19.6 Å². The molecule has 2 rings (SSSR count). The van der Waals surface area contributed by atoms with Crippen LogP contribution in [-0.4, -0.2) is 45.0 Å². The number of nitrogens with one attached hydrogen (secondary N) is 1. The van der Waals surface area contributed by atoms with Crippen LogP contribution in [0.5, 0.6) is 17.2 Å². The lowest BCUT2D eigenvalue weighted by molar-refractivity contribution is -0.145. The Kier molecular flexibility index (Phi) is 9.18. The first-order chi connectivity index (χ1) is 14.6. The number of hydrogen-bond donors (Lipinski definition) is 1. The second-order valence-electron chi connectivity index (χ2n) is 6.08. The van der Waals surface area contributed by atoms with Gasteiger partial charge >= 0.3 is 5.97 Å². The van der Waals surface area contributed by atoms with Crippen LogP contribution in [0.25, 0.3) is 0 Å². The van der Waals surface area contributed by atoms with Crippen LogP contribution >= 0.6 is 0 Å². The maximum Gasteiger partial charge on any atom is 0.344 e. The molecule has 0 spiro atoms. The summed E-state index contributed by atoms with van der Waals surface area (Å²) in [4.78, 5) is 23.6. The molecule has 0 radical (unpaired) electrons. The molecule has 1 N–H and O–H groups in total. The van der Waals surface area contributed by atoms with Gasteiger partial charge in [0.05, 0.1) is 26.5 Å². The molecule has 0 aromatic heterocycles. The lowest BCUT2D eigenvalue weighted by Crippen LogP contribution is -2.17. The zero-order valence-corrected chi connectivity index (χ0v) is 17.3. The minimum absolute atomic E-state index is 0.212. The van der Waals surface area contributed by atoms with Gasteiger partial charge in [-0.3, -0.25) is 4.79 Å². The number of carbonyl (C=O) groups is 2. The highest BCUT2D eigenvalue weighted by atomic mass is 16.6. The predicted octanol–water partition coefficient (Wildman–Crippen LogP) is 3.19. The van der Waals surface area contributed by atoms with Crippen molar-refractivity contribution in [3.8, 4) is 17.2 Å². The Labute approximate surface area is 175 Å². The van der Waals surface area contributed by atoms with E-state index in [1.165, 1.54) is 13.3 Å². The topological polar surface area (TPSA) is 95.5 Å². The third-order valence-corrected chi connectivity index (χ3v) is 3.81. The molecule has 8 heteroatoms. The van der Waals surface area contributed by atoms with E-state index in [-0.39, 0.29) is 19.1 Å². The van der Waals surface area contributed by atoms with Crippen molar-refractivity contribution in [1.29, 1.82) is 0 Å². The van der Waals surface area contributed by atoms with Crippen molar-refractivity contribution in [2.75, 3.05) is 26.9 Å². The third-order valence-electron chi connectivity index (χ3n) is 3.81. The van der Waals surface area contributed by atoms with Crippen molar-refractivity contribution in [2.45, 2.75) is 20.3 Å². The number of rotatable bonds is 11. The van der Waals surface area contributed by atoms with E-state index in [2.05, 4.69) is 10.5 Å². The largest absolute Gasteiger partial charge is 0.494 e. The van der Waals surface area contributed by atoms with E-state index in [9.17, 15) is 9.59 Å². The summed E-state index contributed by atoms with van der Waals surface area (Å²) >= 11 is 0. The van der Waals surface area contributed by atoms with Crippen molar-refractivity contribution in [3.05, 3.63) is 53.6 Å². The summed E-state index contributed by atoms with van der Waals surface area (Å²) in [5.74, 6) is 0.746. The minimum atomic E-state index is -0.460. The summed E-state index contributed by atoms with van der Waals surface area (Å²) in [6, 6.07) is 11.9. The average molecular weight is 414 g/mol. The first-order valence-corrected chi connectivity index (χ1v) is 9.60. The number of benzene rings is 2. The van der Waals surface area contributed by atoms with Crippen LogP contribution in [0.1, 0.15) is 36.2 Å². The van der Waals surface area contributed by atoms with E-state index < -0.39 is 5.97 Å². The van der Waals surface area contributed by atoms with E-state index in [0.29, 0.717) is 35.0 Å². The van der Waals surface area contributed by atoms with Gasteiger partial charge in [0.2, 0.25) is 0 Å². The van der Waals surface area contributed by atoms with Crippen LogP contribution in [0.2, 0.25) is 0 Å². The number of hydrogen-bond acceptors (Lipinski definition) is 7. The molecule has 0 saturated heterocycles. The molecule has 0 atom stereocenters. The van der Waals surface area contributed by atoms with Crippen molar-refractivity contribution in [3.63, 3.8) is 0 Å². The molecule has 2 aromatic rings. The fourth-order valence-corrected chi connectivity index (χ4v) is 2.38. The van der Waals surface area contributed by atoms with Gasteiger partial charge in [-0.1, -0.05) is 6.92 Å². The van der Waals surface area contributed by atoms with Crippen LogP contribution in [0, 0.1) is 0 Å². The van der Waals surface area contributed by atoms with E-state index in [0.717, 1.165) is 6.42 Å². The van der Waals surface area contributed by atoms with Gasteiger partial charge in [0.25, 0.3) is 5.91 Å². The summed E-state index contributed by atoms with van der Waals surface area (Å²) < 4.78 is 21.0. The Morgan fingerprint density at radius 1 is 1.03 bits per heavy atom. The summed E-state index contributed by atoms with van der Waals surface area (Å²) in [7, 11) is 1.49. The second-order valence-corrected chi connectivity index (χ2v) is 6.08. The van der Waals surface area contributed by atoms with Crippen LogP contribution in [-0.2, 0) is 9.53 Å².